The van der Waals surface area contributed by atoms with Crippen molar-refractivity contribution in [2.75, 3.05) is 0 Å². The molecule has 9 heteroatoms. The minimum Gasteiger partial charge on any atom is -0.360 e. The van der Waals surface area contributed by atoms with Gasteiger partial charge in [-0.15, -0.1) is 0 Å². The van der Waals surface area contributed by atoms with Crippen LogP contribution in [0.25, 0.3) is 0 Å². The maximum atomic E-state index is 11.3. The highest BCUT2D eigenvalue weighted by molar-refractivity contribution is 7.89. The lowest BCUT2D eigenvalue weighted by Crippen LogP contribution is -2.63. The van der Waals surface area contributed by atoms with Crippen molar-refractivity contribution in [2.24, 2.45) is 5.14 Å². The molecule has 0 saturated carbocycles. The Hall–Kier alpha value is -1.26. The van der Waals surface area contributed by atoms with E-state index in [2.05, 4.69) is 10.6 Å². The van der Waals surface area contributed by atoms with Crippen molar-refractivity contribution in [3.63, 3.8) is 0 Å². The second kappa shape index (κ2) is 7.40. The summed E-state index contributed by atoms with van der Waals surface area (Å²) in [6.45, 7) is 8.50. The Bertz CT molecular complexity index is 743. The maximum Gasteiger partial charge on any atom is 0.238 e. The monoisotopic (exact) mass is 400 g/mol. The van der Waals surface area contributed by atoms with Crippen LogP contribution < -0.4 is 15.8 Å². The summed E-state index contributed by atoms with van der Waals surface area (Å²) in [5, 5.41) is 23.9. The molecule has 1 aromatic carbocycles. The zero-order valence-corrected chi connectivity index (χ0v) is 17.2. The largest absolute Gasteiger partial charge is 0.360 e. The summed E-state index contributed by atoms with van der Waals surface area (Å²) in [5.74, 6) is 0. The lowest BCUT2D eigenvalue weighted by Gasteiger charge is -2.51. The molecule has 0 amide bonds. The van der Waals surface area contributed by atoms with Crippen LogP contribution in [-0.4, -0.2) is 40.9 Å². The van der Waals surface area contributed by atoms with Crippen LogP contribution in [0.15, 0.2) is 29.2 Å². The third-order valence-corrected chi connectivity index (χ3v) is 5.87. The summed E-state index contributed by atoms with van der Waals surface area (Å²) in [6, 6.07) is 6.50. The number of thiocarbonyl (C=S) groups is 1. The van der Waals surface area contributed by atoms with Crippen LogP contribution in [0.3, 0.4) is 0 Å². The maximum absolute atomic E-state index is 11.3. The van der Waals surface area contributed by atoms with Gasteiger partial charge in [0.05, 0.1) is 4.90 Å². The van der Waals surface area contributed by atoms with Gasteiger partial charge in [-0.05, 0) is 70.5 Å². The number of hydrogen-bond donors (Lipinski definition) is 4. The van der Waals surface area contributed by atoms with Gasteiger partial charge in [-0.25, -0.2) is 13.6 Å². The highest BCUT2D eigenvalue weighted by Crippen LogP contribution is 2.36. The molecule has 0 unspecified atom stereocenters. The number of hydroxylamine groups is 2. The predicted octanol–water partition coefficient (Wildman–Crippen LogP) is 1.71. The molecule has 0 spiro atoms. The van der Waals surface area contributed by atoms with Crippen LogP contribution in [0.5, 0.6) is 0 Å². The summed E-state index contributed by atoms with van der Waals surface area (Å²) in [7, 11) is -3.68. The third-order valence-electron chi connectivity index (χ3n) is 4.68. The van der Waals surface area contributed by atoms with Crippen molar-refractivity contribution in [3.05, 3.63) is 29.8 Å². The predicted molar refractivity (Wildman–Crippen MR) is 105 cm³/mol. The average Bonchev–Trinajstić information content (AvgIpc) is 2.49. The van der Waals surface area contributed by atoms with Crippen molar-refractivity contribution in [3.8, 4) is 0 Å². The van der Waals surface area contributed by atoms with E-state index in [0.717, 1.165) is 18.4 Å². The van der Waals surface area contributed by atoms with Gasteiger partial charge >= 0.3 is 0 Å². The van der Waals surface area contributed by atoms with Crippen molar-refractivity contribution >= 4 is 27.4 Å². The van der Waals surface area contributed by atoms with E-state index in [9.17, 15) is 13.6 Å². The van der Waals surface area contributed by atoms with Gasteiger partial charge in [-0.1, -0.05) is 12.1 Å². The van der Waals surface area contributed by atoms with E-state index in [4.69, 9.17) is 17.4 Å². The zero-order valence-electron chi connectivity index (χ0n) is 15.6. The molecular formula is C17H28N4O3S2. The molecule has 0 radical (unpaired) electrons. The van der Waals surface area contributed by atoms with E-state index < -0.39 is 10.0 Å². The third kappa shape index (κ3) is 5.14. The van der Waals surface area contributed by atoms with E-state index >= 15 is 0 Å². The standard InChI is InChI=1S/C17H28N4O3S2/c1-16(2)9-13(10-17(3,4)21(16)22)20-15(25)19-11-12-5-7-14(8-6-12)26(18,23)24/h5-8,13,22H,9-11H2,1-4H3,(H2,18,23,24)(H2,19,20,25). The molecule has 1 heterocycles. The summed E-state index contributed by atoms with van der Waals surface area (Å²) >= 11 is 5.38. The smallest absolute Gasteiger partial charge is 0.238 e. The van der Waals surface area contributed by atoms with Crippen molar-refractivity contribution in [2.45, 2.75) is 69.1 Å². The van der Waals surface area contributed by atoms with Crippen LogP contribution in [-0.2, 0) is 16.6 Å². The molecule has 1 aliphatic rings. The number of nitrogens with two attached hydrogens (primary N) is 1. The van der Waals surface area contributed by atoms with Crippen molar-refractivity contribution in [1.82, 2.24) is 15.7 Å². The molecule has 5 N–H and O–H groups in total. The number of nitrogens with zero attached hydrogens (tertiary/aromatic N) is 1. The topological polar surface area (TPSA) is 108 Å². The van der Waals surface area contributed by atoms with Crippen molar-refractivity contribution < 1.29 is 13.6 Å². The van der Waals surface area contributed by atoms with Crippen LogP contribution in [0.1, 0.15) is 46.1 Å². The Kier molecular flexibility index (Phi) is 5.99. The zero-order chi connectivity index (χ0) is 19.8. The van der Waals surface area contributed by atoms with Crippen LogP contribution in [0.2, 0.25) is 0 Å². The molecule has 1 saturated heterocycles. The Morgan fingerprint density at radius 3 is 2.19 bits per heavy atom. The Labute approximate surface area is 161 Å². The summed E-state index contributed by atoms with van der Waals surface area (Å²) in [5.41, 5.74) is 0.198. The molecule has 1 aromatic rings. The normalized spacial score (nSPS) is 20.5. The van der Waals surface area contributed by atoms with E-state index in [1.165, 1.54) is 17.2 Å². The van der Waals surface area contributed by atoms with Crippen LogP contribution in [0, 0.1) is 0 Å². The molecule has 2 rings (SSSR count). The molecule has 0 aliphatic carbocycles. The first-order valence-electron chi connectivity index (χ1n) is 8.47. The lowest BCUT2D eigenvalue weighted by molar-refractivity contribution is -0.245. The molecule has 146 valence electrons. The fourth-order valence-electron chi connectivity index (χ4n) is 3.59. The highest BCUT2D eigenvalue weighted by atomic mass is 32.2. The quantitative estimate of drug-likeness (QED) is 0.570. The van der Waals surface area contributed by atoms with Gasteiger partial charge in [0.15, 0.2) is 5.11 Å². The minimum absolute atomic E-state index is 0.0853. The Balaban J connectivity index is 1.91. The van der Waals surface area contributed by atoms with Gasteiger partial charge in [-0.2, -0.15) is 5.06 Å². The van der Waals surface area contributed by atoms with Gasteiger partial charge in [0, 0.05) is 23.7 Å². The highest BCUT2D eigenvalue weighted by Gasteiger charge is 2.45. The van der Waals surface area contributed by atoms with Gasteiger partial charge in [0.25, 0.3) is 0 Å². The summed E-state index contributed by atoms with van der Waals surface area (Å²) < 4.78 is 22.5. The first-order valence-corrected chi connectivity index (χ1v) is 10.4. The average molecular weight is 401 g/mol. The van der Waals surface area contributed by atoms with E-state index in [0.29, 0.717) is 11.7 Å². The molecule has 0 aromatic heterocycles. The Morgan fingerprint density at radius 2 is 1.73 bits per heavy atom. The van der Waals surface area contributed by atoms with Crippen LogP contribution in [0.4, 0.5) is 0 Å². The number of nitrogens with one attached hydrogen (secondary N) is 2. The van der Waals surface area contributed by atoms with Crippen LogP contribution >= 0.6 is 12.2 Å². The van der Waals surface area contributed by atoms with Crippen molar-refractivity contribution in [1.29, 1.82) is 0 Å². The number of hydrogen-bond acceptors (Lipinski definition) is 5. The summed E-state index contributed by atoms with van der Waals surface area (Å²) in [4.78, 5) is 0.0853. The molecule has 7 nitrogen and oxygen atoms in total. The molecule has 26 heavy (non-hydrogen) atoms. The minimum atomic E-state index is -3.68. The second-order valence-electron chi connectivity index (χ2n) is 8.06. The van der Waals surface area contributed by atoms with Gasteiger partial charge in [0.1, 0.15) is 0 Å². The number of sulfonamides is 1. The molecule has 1 fully saturated rings. The molecule has 0 bridgehead atoms. The van der Waals surface area contributed by atoms with Gasteiger partial charge in [0.2, 0.25) is 10.0 Å². The van der Waals surface area contributed by atoms with E-state index in [1.54, 1.807) is 12.1 Å². The first kappa shape index (κ1) is 21.0. The fraction of sp³-hybridized carbons (Fsp3) is 0.588. The number of rotatable bonds is 4. The first-order chi connectivity index (χ1) is 11.8. The summed E-state index contributed by atoms with van der Waals surface area (Å²) in [6.07, 6.45) is 1.52. The second-order valence-corrected chi connectivity index (χ2v) is 10.0. The molecule has 1 aliphatic heterocycles. The van der Waals surface area contributed by atoms with Gasteiger partial charge < -0.3 is 15.8 Å². The Morgan fingerprint density at radius 1 is 1.23 bits per heavy atom. The lowest BCUT2D eigenvalue weighted by atomic mass is 9.79. The fourth-order valence-corrected chi connectivity index (χ4v) is 4.34. The number of benzene rings is 1. The SMILES string of the molecule is CC1(C)CC(NC(=S)NCc2ccc(S(N)(=O)=O)cc2)CC(C)(C)N1O. The molecule has 0 atom stereocenters. The van der Waals surface area contributed by atoms with Gasteiger partial charge in [-0.3, -0.25) is 0 Å². The molecular weight excluding hydrogens is 372 g/mol. The van der Waals surface area contributed by atoms with E-state index in [1.807, 2.05) is 27.7 Å². The number of piperidine rings is 1. The van der Waals surface area contributed by atoms with E-state index in [-0.39, 0.29) is 22.0 Å². The number of primary sulfonamides is 1.